The zero-order chi connectivity index (χ0) is 9.10. The molecule has 0 bridgehead atoms. The van der Waals surface area contributed by atoms with E-state index in [2.05, 4.69) is 10.2 Å². The van der Waals surface area contributed by atoms with Crippen LogP contribution in [0.3, 0.4) is 0 Å². The SMILES string of the molecule is Cl.Cl.NC[C@@H]1CCCO[C@H]1c1cn[nH]c1. The second-order valence-electron chi connectivity index (χ2n) is 3.46. The summed E-state index contributed by atoms with van der Waals surface area (Å²) in [5.41, 5.74) is 6.81. The van der Waals surface area contributed by atoms with Gasteiger partial charge in [-0.2, -0.15) is 5.10 Å². The molecule has 6 heteroatoms. The van der Waals surface area contributed by atoms with Crippen molar-refractivity contribution in [2.75, 3.05) is 13.2 Å². The largest absolute Gasteiger partial charge is 0.373 e. The highest BCUT2D eigenvalue weighted by Gasteiger charge is 2.26. The van der Waals surface area contributed by atoms with Crippen LogP contribution in [0.2, 0.25) is 0 Å². The molecule has 1 aliphatic heterocycles. The Labute approximate surface area is 102 Å². The van der Waals surface area contributed by atoms with E-state index < -0.39 is 0 Å². The van der Waals surface area contributed by atoms with E-state index in [4.69, 9.17) is 10.5 Å². The van der Waals surface area contributed by atoms with Crippen LogP contribution in [0.4, 0.5) is 0 Å². The topological polar surface area (TPSA) is 63.9 Å². The van der Waals surface area contributed by atoms with E-state index in [1.807, 2.05) is 12.4 Å². The molecule has 2 heterocycles. The summed E-state index contributed by atoms with van der Waals surface area (Å²) >= 11 is 0. The lowest BCUT2D eigenvalue weighted by atomic mass is 9.91. The van der Waals surface area contributed by atoms with Gasteiger partial charge in [0.05, 0.1) is 12.3 Å². The second kappa shape index (κ2) is 7.06. The molecule has 1 aromatic rings. The number of aromatic nitrogens is 2. The third-order valence-electron chi connectivity index (χ3n) is 2.60. The summed E-state index contributed by atoms with van der Waals surface area (Å²) in [6.07, 6.45) is 6.14. The van der Waals surface area contributed by atoms with Gasteiger partial charge in [0.1, 0.15) is 0 Å². The fourth-order valence-electron chi connectivity index (χ4n) is 1.87. The minimum absolute atomic E-state index is 0. The molecule has 0 unspecified atom stereocenters. The summed E-state index contributed by atoms with van der Waals surface area (Å²) in [7, 11) is 0. The van der Waals surface area contributed by atoms with E-state index in [-0.39, 0.29) is 30.9 Å². The fourth-order valence-corrected chi connectivity index (χ4v) is 1.87. The molecule has 15 heavy (non-hydrogen) atoms. The van der Waals surface area contributed by atoms with Gasteiger partial charge >= 0.3 is 0 Å². The van der Waals surface area contributed by atoms with Gasteiger partial charge in [0.25, 0.3) is 0 Å². The third-order valence-corrected chi connectivity index (χ3v) is 2.60. The predicted octanol–water partition coefficient (Wildman–Crippen LogP) is 1.68. The molecule has 1 aliphatic rings. The van der Waals surface area contributed by atoms with Crippen LogP contribution in [0, 0.1) is 5.92 Å². The molecular weight excluding hydrogens is 237 g/mol. The summed E-state index contributed by atoms with van der Waals surface area (Å²) < 4.78 is 5.69. The number of rotatable bonds is 2. The van der Waals surface area contributed by atoms with Gasteiger partial charge in [0, 0.05) is 24.3 Å². The number of H-pyrrole nitrogens is 1. The number of hydrogen-bond acceptors (Lipinski definition) is 3. The number of nitrogens with one attached hydrogen (secondary N) is 1. The molecule has 4 nitrogen and oxygen atoms in total. The van der Waals surface area contributed by atoms with E-state index in [1.54, 1.807) is 0 Å². The molecule has 0 aromatic carbocycles. The van der Waals surface area contributed by atoms with Gasteiger partial charge in [-0.15, -0.1) is 24.8 Å². The molecule has 1 fully saturated rings. The maximum absolute atomic E-state index is 5.69. The smallest absolute Gasteiger partial charge is 0.0895 e. The average molecular weight is 254 g/mol. The van der Waals surface area contributed by atoms with E-state index in [0.29, 0.717) is 12.5 Å². The van der Waals surface area contributed by atoms with Crippen LogP contribution < -0.4 is 5.73 Å². The summed E-state index contributed by atoms with van der Waals surface area (Å²) in [4.78, 5) is 0. The van der Waals surface area contributed by atoms with Crippen LogP contribution in [0.5, 0.6) is 0 Å². The predicted molar refractivity (Wildman–Crippen MR) is 63.6 cm³/mol. The minimum Gasteiger partial charge on any atom is -0.373 e. The van der Waals surface area contributed by atoms with E-state index >= 15 is 0 Å². The average Bonchev–Trinajstić information content (AvgIpc) is 2.70. The van der Waals surface area contributed by atoms with Crippen LogP contribution in [0.15, 0.2) is 12.4 Å². The lowest BCUT2D eigenvalue weighted by Gasteiger charge is -2.30. The van der Waals surface area contributed by atoms with Gasteiger partial charge in [-0.1, -0.05) is 0 Å². The van der Waals surface area contributed by atoms with E-state index in [0.717, 1.165) is 25.0 Å². The molecule has 0 aliphatic carbocycles. The summed E-state index contributed by atoms with van der Waals surface area (Å²) in [5, 5.41) is 6.72. The Bertz CT molecular complexity index is 256. The third kappa shape index (κ3) is 3.34. The first-order valence-electron chi connectivity index (χ1n) is 4.72. The van der Waals surface area contributed by atoms with Gasteiger partial charge in [-0.05, 0) is 19.4 Å². The Kier molecular flexibility index (Phi) is 6.92. The first-order chi connectivity index (χ1) is 6.42. The van der Waals surface area contributed by atoms with Gasteiger partial charge in [-0.25, -0.2) is 0 Å². The Hall–Kier alpha value is -0.290. The molecule has 0 saturated carbocycles. The normalized spacial score (nSPS) is 25.1. The number of halogens is 2. The maximum Gasteiger partial charge on any atom is 0.0895 e. The highest BCUT2D eigenvalue weighted by molar-refractivity contribution is 5.85. The van der Waals surface area contributed by atoms with Crippen molar-refractivity contribution in [3.05, 3.63) is 18.0 Å². The number of nitrogens with zero attached hydrogens (tertiary/aromatic N) is 1. The van der Waals surface area contributed by atoms with Crippen molar-refractivity contribution in [1.82, 2.24) is 10.2 Å². The number of nitrogens with two attached hydrogens (primary N) is 1. The zero-order valence-electron chi connectivity index (χ0n) is 8.39. The Morgan fingerprint density at radius 2 is 2.33 bits per heavy atom. The van der Waals surface area contributed by atoms with Gasteiger partial charge in [0.15, 0.2) is 0 Å². The Morgan fingerprint density at radius 1 is 1.53 bits per heavy atom. The monoisotopic (exact) mass is 253 g/mol. The summed E-state index contributed by atoms with van der Waals surface area (Å²) in [6, 6.07) is 0. The zero-order valence-corrected chi connectivity index (χ0v) is 10.0. The van der Waals surface area contributed by atoms with Gasteiger partial charge in [-0.3, -0.25) is 5.10 Å². The second-order valence-corrected chi connectivity index (χ2v) is 3.46. The molecular formula is C9H17Cl2N3O. The highest BCUT2D eigenvalue weighted by Crippen LogP contribution is 2.32. The molecule has 2 atom stereocenters. The lowest BCUT2D eigenvalue weighted by Crippen LogP contribution is -2.28. The molecule has 1 saturated heterocycles. The van der Waals surface area contributed by atoms with Crippen LogP contribution in [-0.2, 0) is 4.74 Å². The fraction of sp³-hybridized carbons (Fsp3) is 0.667. The molecule has 3 N–H and O–H groups in total. The molecule has 88 valence electrons. The summed E-state index contributed by atoms with van der Waals surface area (Å²) in [5.74, 6) is 0.450. The standard InChI is InChI=1S/C9H15N3O.2ClH/c10-4-7-2-1-3-13-9(7)8-5-11-12-6-8;;/h5-7,9H,1-4,10H2,(H,11,12);2*1H/t7-,9+;;/m0../s1. The van der Waals surface area contributed by atoms with Crippen LogP contribution in [0.1, 0.15) is 24.5 Å². The Morgan fingerprint density at radius 3 is 2.93 bits per heavy atom. The number of aromatic amines is 1. The van der Waals surface area contributed by atoms with Crippen molar-refractivity contribution in [2.45, 2.75) is 18.9 Å². The lowest BCUT2D eigenvalue weighted by molar-refractivity contribution is -0.0251. The van der Waals surface area contributed by atoms with Gasteiger partial charge in [0.2, 0.25) is 0 Å². The summed E-state index contributed by atoms with van der Waals surface area (Å²) in [6.45, 7) is 1.53. The van der Waals surface area contributed by atoms with E-state index in [9.17, 15) is 0 Å². The number of ether oxygens (including phenoxy) is 1. The van der Waals surface area contributed by atoms with E-state index in [1.165, 1.54) is 0 Å². The van der Waals surface area contributed by atoms with Crippen molar-refractivity contribution in [2.24, 2.45) is 11.7 Å². The first-order valence-corrected chi connectivity index (χ1v) is 4.72. The Balaban J connectivity index is 0.000000980. The van der Waals surface area contributed by atoms with Crippen molar-refractivity contribution in [3.8, 4) is 0 Å². The van der Waals surface area contributed by atoms with Crippen LogP contribution in [0.25, 0.3) is 0 Å². The number of hydrogen-bond donors (Lipinski definition) is 2. The van der Waals surface area contributed by atoms with Gasteiger partial charge < -0.3 is 10.5 Å². The molecule has 2 rings (SSSR count). The van der Waals surface area contributed by atoms with Crippen molar-refractivity contribution in [3.63, 3.8) is 0 Å². The van der Waals surface area contributed by atoms with Crippen LogP contribution >= 0.6 is 24.8 Å². The van der Waals surface area contributed by atoms with Crippen molar-refractivity contribution >= 4 is 24.8 Å². The van der Waals surface area contributed by atoms with Crippen molar-refractivity contribution in [1.29, 1.82) is 0 Å². The van der Waals surface area contributed by atoms with Crippen molar-refractivity contribution < 1.29 is 4.74 Å². The molecule has 0 spiro atoms. The maximum atomic E-state index is 5.69. The first kappa shape index (κ1) is 14.7. The minimum atomic E-state index is 0. The molecule has 0 amide bonds. The van der Waals surface area contributed by atoms with Crippen LogP contribution in [-0.4, -0.2) is 23.3 Å². The highest BCUT2D eigenvalue weighted by atomic mass is 35.5. The molecule has 1 aromatic heterocycles. The molecule has 0 radical (unpaired) electrons. The quantitative estimate of drug-likeness (QED) is 0.843.